The summed E-state index contributed by atoms with van der Waals surface area (Å²) in [5, 5.41) is 12.5. The summed E-state index contributed by atoms with van der Waals surface area (Å²) in [6, 6.07) is 5.30. The van der Waals surface area contributed by atoms with Gasteiger partial charge in [-0.2, -0.15) is 0 Å². The van der Waals surface area contributed by atoms with Crippen molar-refractivity contribution in [2.45, 2.75) is 18.7 Å². The van der Waals surface area contributed by atoms with Crippen molar-refractivity contribution in [3.05, 3.63) is 41.1 Å². The first-order chi connectivity index (χ1) is 9.29. The first kappa shape index (κ1) is 14.1. The lowest BCUT2D eigenvalue weighted by atomic mass is 10.1. The number of aromatic carboxylic acids is 1. The van der Waals surface area contributed by atoms with Gasteiger partial charge in [0.2, 0.25) is 5.88 Å². The van der Waals surface area contributed by atoms with Crippen LogP contribution in [0.3, 0.4) is 0 Å². The van der Waals surface area contributed by atoms with E-state index in [1.165, 1.54) is 18.2 Å². The lowest BCUT2D eigenvalue weighted by molar-refractivity contribution is 0.0696. The standard InChI is InChI=1S/C12H12N2O5S/c1-7-3-4-9(12(15)16)6-10(7)20(17,18)14-11-5-8(2)13-19-11/h3-6,14H,1-2H3,(H,15,16). The van der Waals surface area contributed by atoms with Crippen LogP contribution in [0.1, 0.15) is 21.6 Å². The Morgan fingerprint density at radius 2 is 2.00 bits per heavy atom. The minimum absolute atomic E-state index is 0.0253. The molecule has 0 spiro atoms. The zero-order valence-electron chi connectivity index (χ0n) is 10.7. The van der Waals surface area contributed by atoms with Crippen LogP contribution in [-0.2, 0) is 10.0 Å². The Morgan fingerprint density at radius 3 is 2.55 bits per heavy atom. The second-order valence-electron chi connectivity index (χ2n) is 4.22. The molecule has 7 nitrogen and oxygen atoms in total. The van der Waals surface area contributed by atoms with Crippen molar-refractivity contribution < 1.29 is 22.8 Å². The van der Waals surface area contributed by atoms with Crippen LogP contribution in [0.25, 0.3) is 0 Å². The third-order valence-corrected chi connectivity index (χ3v) is 4.08. The van der Waals surface area contributed by atoms with E-state index in [0.29, 0.717) is 11.3 Å². The maximum atomic E-state index is 12.2. The molecule has 0 bridgehead atoms. The molecular formula is C12H12N2O5S. The van der Waals surface area contributed by atoms with Gasteiger partial charge in [0, 0.05) is 6.07 Å². The van der Waals surface area contributed by atoms with Gasteiger partial charge in [-0.3, -0.25) is 0 Å². The van der Waals surface area contributed by atoms with E-state index in [1.54, 1.807) is 13.8 Å². The Kier molecular flexibility index (Phi) is 3.49. The normalized spacial score (nSPS) is 11.3. The molecular weight excluding hydrogens is 284 g/mol. The molecule has 0 aliphatic carbocycles. The highest BCUT2D eigenvalue weighted by Crippen LogP contribution is 2.21. The van der Waals surface area contributed by atoms with Crippen LogP contribution in [0.15, 0.2) is 33.7 Å². The molecule has 0 amide bonds. The lowest BCUT2D eigenvalue weighted by Gasteiger charge is -2.08. The Bertz CT molecular complexity index is 764. The monoisotopic (exact) mass is 296 g/mol. The summed E-state index contributed by atoms with van der Waals surface area (Å²) >= 11 is 0. The molecule has 8 heteroatoms. The molecule has 2 aromatic rings. The summed E-state index contributed by atoms with van der Waals surface area (Å²) in [6.07, 6.45) is 0. The van der Waals surface area contributed by atoms with Gasteiger partial charge in [-0.25, -0.2) is 17.9 Å². The van der Waals surface area contributed by atoms with Crippen molar-refractivity contribution in [3.63, 3.8) is 0 Å². The summed E-state index contributed by atoms with van der Waals surface area (Å²) < 4.78 is 31.4. The number of sulfonamides is 1. The van der Waals surface area contributed by atoms with Crippen LogP contribution < -0.4 is 4.72 Å². The quantitative estimate of drug-likeness (QED) is 0.890. The second kappa shape index (κ2) is 4.97. The number of aromatic nitrogens is 1. The number of nitrogens with zero attached hydrogens (tertiary/aromatic N) is 1. The van der Waals surface area contributed by atoms with E-state index in [4.69, 9.17) is 9.63 Å². The number of aryl methyl sites for hydroxylation is 2. The van der Waals surface area contributed by atoms with Gasteiger partial charge in [0.25, 0.3) is 10.0 Å². The van der Waals surface area contributed by atoms with Crippen LogP contribution in [0.2, 0.25) is 0 Å². The molecule has 20 heavy (non-hydrogen) atoms. The molecule has 0 saturated heterocycles. The van der Waals surface area contributed by atoms with Gasteiger partial charge in [0.1, 0.15) is 0 Å². The Labute approximate surface area is 115 Å². The molecule has 0 saturated carbocycles. The topological polar surface area (TPSA) is 110 Å². The summed E-state index contributed by atoms with van der Waals surface area (Å²) in [6.45, 7) is 3.23. The van der Waals surface area contributed by atoms with Crippen molar-refractivity contribution >= 4 is 21.9 Å². The summed E-state index contributed by atoms with van der Waals surface area (Å²) in [5.41, 5.74) is 0.849. The number of nitrogens with one attached hydrogen (secondary N) is 1. The van der Waals surface area contributed by atoms with Gasteiger partial charge >= 0.3 is 5.97 Å². The molecule has 0 fully saturated rings. The van der Waals surface area contributed by atoms with E-state index in [2.05, 4.69) is 9.88 Å². The van der Waals surface area contributed by atoms with E-state index in [9.17, 15) is 13.2 Å². The third-order valence-electron chi connectivity index (χ3n) is 2.59. The van der Waals surface area contributed by atoms with Crippen LogP contribution in [0.5, 0.6) is 0 Å². The Morgan fingerprint density at radius 1 is 1.30 bits per heavy atom. The number of hydrogen-bond donors (Lipinski definition) is 2. The molecule has 1 aromatic carbocycles. The van der Waals surface area contributed by atoms with Crippen molar-refractivity contribution in [2.24, 2.45) is 0 Å². The van der Waals surface area contributed by atoms with E-state index in [0.717, 1.165) is 6.07 Å². The molecule has 0 unspecified atom stereocenters. The maximum Gasteiger partial charge on any atom is 0.335 e. The van der Waals surface area contributed by atoms with Crippen molar-refractivity contribution in [2.75, 3.05) is 4.72 Å². The Balaban J connectivity index is 2.43. The number of carboxylic acid groups (broad SMARTS) is 1. The van der Waals surface area contributed by atoms with Gasteiger partial charge in [-0.05, 0) is 31.5 Å². The van der Waals surface area contributed by atoms with Crippen LogP contribution in [-0.4, -0.2) is 24.7 Å². The van der Waals surface area contributed by atoms with E-state index in [1.807, 2.05) is 0 Å². The molecule has 0 aliphatic heterocycles. The van der Waals surface area contributed by atoms with Gasteiger partial charge < -0.3 is 9.63 Å². The smallest absolute Gasteiger partial charge is 0.335 e. The van der Waals surface area contributed by atoms with Crippen molar-refractivity contribution in [1.29, 1.82) is 0 Å². The SMILES string of the molecule is Cc1cc(NS(=O)(=O)c2cc(C(=O)O)ccc2C)on1. The van der Waals surface area contributed by atoms with Gasteiger partial charge in [0.15, 0.2) is 0 Å². The number of benzene rings is 1. The molecule has 106 valence electrons. The average Bonchev–Trinajstić information content (AvgIpc) is 2.73. The molecule has 0 aliphatic rings. The highest BCUT2D eigenvalue weighted by molar-refractivity contribution is 7.92. The minimum atomic E-state index is -3.93. The molecule has 2 N–H and O–H groups in total. The predicted octanol–water partition coefficient (Wildman–Crippen LogP) is 1.79. The van der Waals surface area contributed by atoms with Gasteiger partial charge in [-0.15, -0.1) is 0 Å². The largest absolute Gasteiger partial charge is 0.478 e. The number of rotatable bonds is 4. The van der Waals surface area contributed by atoms with Crippen LogP contribution >= 0.6 is 0 Å². The fourth-order valence-electron chi connectivity index (χ4n) is 1.62. The first-order valence-electron chi connectivity index (χ1n) is 5.60. The van der Waals surface area contributed by atoms with Gasteiger partial charge in [-0.1, -0.05) is 11.2 Å². The molecule has 0 radical (unpaired) electrons. The van der Waals surface area contributed by atoms with Gasteiger partial charge in [0.05, 0.1) is 16.2 Å². The highest BCUT2D eigenvalue weighted by Gasteiger charge is 2.20. The van der Waals surface area contributed by atoms with Crippen LogP contribution in [0, 0.1) is 13.8 Å². The fraction of sp³-hybridized carbons (Fsp3) is 0.167. The first-order valence-corrected chi connectivity index (χ1v) is 7.08. The number of carboxylic acids is 1. The van der Waals surface area contributed by atoms with E-state index >= 15 is 0 Å². The third kappa shape index (κ3) is 2.80. The molecule has 1 aromatic heterocycles. The van der Waals surface area contributed by atoms with E-state index < -0.39 is 16.0 Å². The maximum absolute atomic E-state index is 12.2. The van der Waals surface area contributed by atoms with Crippen molar-refractivity contribution in [3.8, 4) is 0 Å². The van der Waals surface area contributed by atoms with E-state index in [-0.39, 0.29) is 16.3 Å². The number of anilines is 1. The summed E-state index contributed by atoms with van der Waals surface area (Å²) in [5.74, 6) is -1.22. The van der Waals surface area contributed by atoms with Crippen molar-refractivity contribution in [1.82, 2.24) is 5.16 Å². The number of carbonyl (C=O) groups is 1. The Hall–Kier alpha value is -2.35. The fourth-order valence-corrected chi connectivity index (χ4v) is 2.87. The predicted molar refractivity (Wildman–Crippen MR) is 70.2 cm³/mol. The second-order valence-corrected chi connectivity index (χ2v) is 5.87. The zero-order valence-corrected chi connectivity index (χ0v) is 11.6. The zero-order chi connectivity index (χ0) is 14.9. The molecule has 0 atom stereocenters. The summed E-state index contributed by atoms with van der Waals surface area (Å²) in [4.78, 5) is 10.8. The average molecular weight is 296 g/mol. The lowest BCUT2D eigenvalue weighted by Crippen LogP contribution is -2.14. The minimum Gasteiger partial charge on any atom is -0.478 e. The number of hydrogen-bond acceptors (Lipinski definition) is 5. The highest BCUT2D eigenvalue weighted by atomic mass is 32.2. The molecule has 2 rings (SSSR count). The summed E-state index contributed by atoms with van der Waals surface area (Å²) in [7, 11) is -3.93. The molecule has 1 heterocycles. The van der Waals surface area contributed by atoms with Crippen LogP contribution in [0.4, 0.5) is 5.88 Å².